The first-order chi connectivity index (χ1) is 13.7. The molecule has 28 heavy (non-hydrogen) atoms. The molecular formula is C22H24N2O4. The van der Waals surface area contributed by atoms with Gasteiger partial charge in [0.1, 0.15) is 6.54 Å². The number of likely N-dealkylation sites (tertiary alicyclic amines) is 1. The number of piperidine rings is 1. The Kier molecular flexibility index (Phi) is 5.58. The highest BCUT2D eigenvalue weighted by Crippen LogP contribution is 2.19. The summed E-state index contributed by atoms with van der Waals surface area (Å²) in [6, 6.07) is 17.3. The van der Waals surface area contributed by atoms with Crippen LogP contribution >= 0.6 is 0 Å². The number of para-hydroxylation sites is 2. The molecule has 0 radical (unpaired) electrons. The van der Waals surface area contributed by atoms with Crippen LogP contribution in [-0.2, 0) is 22.7 Å². The molecule has 2 aromatic carbocycles. The molecule has 1 aliphatic rings. The zero-order chi connectivity index (χ0) is 19.3. The molecule has 0 N–H and O–H groups in total. The van der Waals surface area contributed by atoms with E-state index in [-0.39, 0.29) is 12.5 Å². The third kappa shape index (κ3) is 4.17. The minimum absolute atomic E-state index is 0.00738. The molecule has 0 aliphatic carbocycles. The third-order valence-corrected chi connectivity index (χ3v) is 5.20. The number of ether oxygens (including phenoxy) is 1. The van der Waals surface area contributed by atoms with E-state index in [1.165, 1.54) is 4.57 Å². The number of carbonyl (C=O) groups is 1. The van der Waals surface area contributed by atoms with E-state index in [4.69, 9.17) is 9.15 Å². The lowest BCUT2D eigenvalue weighted by Crippen LogP contribution is -2.43. The van der Waals surface area contributed by atoms with Gasteiger partial charge in [-0.3, -0.25) is 9.36 Å². The van der Waals surface area contributed by atoms with Crippen LogP contribution in [0, 0.1) is 5.92 Å². The molecule has 2 heterocycles. The first-order valence-electron chi connectivity index (χ1n) is 9.68. The van der Waals surface area contributed by atoms with Crippen molar-refractivity contribution in [2.75, 3.05) is 19.7 Å². The largest absolute Gasteiger partial charge is 0.420 e. The zero-order valence-electron chi connectivity index (χ0n) is 15.8. The van der Waals surface area contributed by atoms with E-state index < -0.39 is 5.76 Å². The number of hydrogen-bond acceptors (Lipinski definition) is 4. The fraction of sp³-hybridized carbons (Fsp3) is 0.364. The molecule has 1 aliphatic heterocycles. The molecule has 0 bridgehead atoms. The van der Waals surface area contributed by atoms with Crippen molar-refractivity contribution in [3.05, 3.63) is 70.7 Å². The summed E-state index contributed by atoms with van der Waals surface area (Å²) in [5, 5.41) is 0. The third-order valence-electron chi connectivity index (χ3n) is 5.20. The molecule has 146 valence electrons. The number of oxazole rings is 1. The molecule has 6 heteroatoms. The van der Waals surface area contributed by atoms with Crippen LogP contribution in [0.5, 0.6) is 0 Å². The SMILES string of the molecule is O=C(Cn1c(=O)oc2ccccc21)N1CCC[C@@H](COCc2ccccc2)C1. The Hall–Kier alpha value is -2.86. The fourth-order valence-corrected chi connectivity index (χ4v) is 3.74. The molecule has 1 aromatic heterocycles. The number of amides is 1. The normalized spacial score (nSPS) is 17.1. The van der Waals surface area contributed by atoms with Crippen molar-refractivity contribution in [1.29, 1.82) is 0 Å². The molecule has 3 aromatic rings. The number of aromatic nitrogens is 1. The molecular weight excluding hydrogens is 356 g/mol. The van der Waals surface area contributed by atoms with Gasteiger partial charge in [0.05, 0.1) is 18.7 Å². The topological polar surface area (TPSA) is 64.7 Å². The molecule has 1 amide bonds. The van der Waals surface area contributed by atoms with Crippen LogP contribution in [0.15, 0.2) is 63.8 Å². The van der Waals surface area contributed by atoms with Gasteiger partial charge < -0.3 is 14.1 Å². The van der Waals surface area contributed by atoms with E-state index in [1.807, 2.05) is 47.4 Å². The Labute approximate surface area is 163 Å². The van der Waals surface area contributed by atoms with Gasteiger partial charge in [-0.1, -0.05) is 42.5 Å². The monoisotopic (exact) mass is 380 g/mol. The minimum atomic E-state index is -0.491. The van der Waals surface area contributed by atoms with Crippen molar-refractivity contribution < 1.29 is 13.9 Å². The van der Waals surface area contributed by atoms with Crippen LogP contribution in [0.25, 0.3) is 11.1 Å². The second-order valence-electron chi connectivity index (χ2n) is 7.27. The van der Waals surface area contributed by atoms with Gasteiger partial charge in [-0.05, 0) is 36.5 Å². The average Bonchev–Trinajstić information content (AvgIpc) is 3.04. The predicted octanol–water partition coefficient (Wildman–Crippen LogP) is 3.05. The second-order valence-corrected chi connectivity index (χ2v) is 7.27. The van der Waals surface area contributed by atoms with Crippen LogP contribution in [0.3, 0.4) is 0 Å². The van der Waals surface area contributed by atoms with Crippen LogP contribution in [0.4, 0.5) is 0 Å². The number of rotatable bonds is 6. The maximum Gasteiger partial charge on any atom is 0.420 e. The first-order valence-corrected chi connectivity index (χ1v) is 9.68. The van der Waals surface area contributed by atoms with E-state index >= 15 is 0 Å². The van der Waals surface area contributed by atoms with E-state index in [9.17, 15) is 9.59 Å². The lowest BCUT2D eigenvalue weighted by atomic mass is 9.99. The molecule has 1 fully saturated rings. The maximum absolute atomic E-state index is 12.8. The second kappa shape index (κ2) is 8.44. The van der Waals surface area contributed by atoms with E-state index in [1.54, 1.807) is 12.1 Å². The Bertz CT molecular complexity index is 992. The van der Waals surface area contributed by atoms with Crippen molar-refractivity contribution in [2.24, 2.45) is 5.92 Å². The molecule has 1 atom stereocenters. The summed E-state index contributed by atoms with van der Waals surface area (Å²) in [7, 11) is 0. The quantitative estimate of drug-likeness (QED) is 0.659. The smallest absolute Gasteiger partial charge is 0.408 e. The number of benzene rings is 2. The van der Waals surface area contributed by atoms with Gasteiger partial charge in [0.25, 0.3) is 0 Å². The van der Waals surface area contributed by atoms with Crippen molar-refractivity contribution >= 4 is 17.0 Å². The Balaban J connectivity index is 1.34. The number of fused-ring (bicyclic) bond motifs is 1. The van der Waals surface area contributed by atoms with Gasteiger partial charge in [-0.25, -0.2) is 4.79 Å². The van der Waals surface area contributed by atoms with Crippen LogP contribution in [0.1, 0.15) is 18.4 Å². The standard InChI is InChI=1S/C22H24N2O4/c25-21(14-24-19-10-4-5-11-20(19)28-22(24)26)23-12-6-9-18(13-23)16-27-15-17-7-2-1-3-8-17/h1-5,7-8,10-11,18H,6,9,12-16H2/t18-/m1/s1. The Morgan fingerprint density at radius 1 is 1.11 bits per heavy atom. The predicted molar refractivity (Wildman–Crippen MR) is 106 cm³/mol. The zero-order valence-corrected chi connectivity index (χ0v) is 15.8. The van der Waals surface area contributed by atoms with Crippen LogP contribution in [0.2, 0.25) is 0 Å². The molecule has 0 saturated carbocycles. The van der Waals surface area contributed by atoms with Crippen molar-refractivity contribution in [3.63, 3.8) is 0 Å². The summed E-state index contributed by atoms with van der Waals surface area (Å²) in [6.07, 6.45) is 2.00. The average molecular weight is 380 g/mol. The molecule has 4 rings (SSSR count). The fourth-order valence-electron chi connectivity index (χ4n) is 3.74. The van der Waals surface area contributed by atoms with Gasteiger partial charge in [0.15, 0.2) is 5.58 Å². The van der Waals surface area contributed by atoms with E-state index in [0.29, 0.717) is 36.8 Å². The summed E-state index contributed by atoms with van der Waals surface area (Å²) in [6.45, 7) is 2.61. The summed E-state index contributed by atoms with van der Waals surface area (Å²) in [5.41, 5.74) is 2.31. The summed E-state index contributed by atoms with van der Waals surface area (Å²) in [5.74, 6) is -0.227. The minimum Gasteiger partial charge on any atom is -0.408 e. The maximum atomic E-state index is 12.8. The van der Waals surface area contributed by atoms with Crippen LogP contribution < -0.4 is 5.76 Å². The Morgan fingerprint density at radius 2 is 1.89 bits per heavy atom. The molecule has 0 unspecified atom stereocenters. The van der Waals surface area contributed by atoms with E-state index in [2.05, 4.69) is 0 Å². The highest BCUT2D eigenvalue weighted by Gasteiger charge is 2.25. The lowest BCUT2D eigenvalue weighted by Gasteiger charge is -2.32. The Morgan fingerprint density at radius 3 is 2.75 bits per heavy atom. The number of nitrogens with zero attached hydrogens (tertiary/aromatic N) is 2. The van der Waals surface area contributed by atoms with Gasteiger partial charge in [-0.15, -0.1) is 0 Å². The van der Waals surface area contributed by atoms with E-state index in [0.717, 1.165) is 24.9 Å². The number of carbonyl (C=O) groups excluding carboxylic acids is 1. The van der Waals surface area contributed by atoms with Gasteiger partial charge in [0, 0.05) is 13.1 Å². The van der Waals surface area contributed by atoms with Crippen LogP contribution in [-0.4, -0.2) is 35.1 Å². The van der Waals surface area contributed by atoms with Gasteiger partial charge in [0.2, 0.25) is 5.91 Å². The highest BCUT2D eigenvalue weighted by molar-refractivity contribution is 5.79. The lowest BCUT2D eigenvalue weighted by molar-refractivity contribution is -0.134. The van der Waals surface area contributed by atoms with Crippen molar-refractivity contribution in [1.82, 2.24) is 9.47 Å². The van der Waals surface area contributed by atoms with Crippen molar-refractivity contribution in [3.8, 4) is 0 Å². The first kappa shape index (κ1) is 18.5. The molecule has 6 nitrogen and oxygen atoms in total. The van der Waals surface area contributed by atoms with Gasteiger partial charge >= 0.3 is 5.76 Å². The molecule has 1 saturated heterocycles. The number of hydrogen-bond donors (Lipinski definition) is 0. The highest BCUT2D eigenvalue weighted by atomic mass is 16.5. The summed E-state index contributed by atoms with van der Waals surface area (Å²) < 4.78 is 12.5. The van der Waals surface area contributed by atoms with Crippen molar-refractivity contribution in [2.45, 2.75) is 26.0 Å². The molecule has 0 spiro atoms. The summed E-state index contributed by atoms with van der Waals surface area (Å²) >= 11 is 0. The summed E-state index contributed by atoms with van der Waals surface area (Å²) in [4.78, 5) is 26.7. The van der Waals surface area contributed by atoms with Gasteiger partial charge in [-0.2, -0.15) is 0 Å².